The average molecular weight is 369 g/mol. The lowest BCUT2D eigenvalue weighted by atomic mass is 10.0. The number of nitrogen functional groups attached to an aromatic ring is 1. The number of carbonyl (C=O) groups is 2. The standard InChI is InChI=1S/C21H27N3O3/c1-4-18(23-20(25)13-15-9-11-16(22)12-10-15)17-7-5-6-8-19(17)27-14-21(26)24(2)3/h5-12,18H,4,13-14,22H2,1-3H3,(H,23,25). The van der Waals surface area contributed by atoms with Crippen molar-refractivity contribution in [2.45, 2.75) is 25.8 Å². The summed E-state index contributed by atoms with van der Waals surface area (Å²) in [4.78, 5) is 25.7. The van der Waals surface area contributed by atoms with Crippen LogP contribution in [0.1, 0.15) is 30.5 Å². The molecule has 27 heavy (non-hydrogen) atoms. The minimum Gasteiger partial charge on any atom is -0.483 e. The van der Waals surface area contributed by atoms with Crippen LogP contribution in [0.2, 0.25) is 0 Å². The molecule has 0 aliphatic carbocycles. The Labute approximate surface area is 160 Å². The Morgan fingerprint density at radius 3 is 2.41 bits per heavy atom. The van der Waals surface area contributed by atoms with Gasteiger partial charge in [-0.25, -0.2) is 0 Å². The van der Waals surface area contributed by atoms with E-state index in [9.17, 15) is 9.59 Å². The van der Waals surface area contributed by atoms with E-state index in [1.54, 1.807) is 26.2 Å². The topological polar surface area (TPSA) is 84.7 Å². The van der Waals surface area contributed by atoms with Crippen LogP contribution in [0.4, 0.5) is 5.69 Å². The second-order valence-electron chi connectivity index (χ2n) is 6.56. The number of amides is 2. The normalized spacial score (nSPS) is 11.5. The molecule has 0 saturated carbocycles. The fraction of sp³-hybridized carbons (Fsp3) is 0.333. The van der Waals surface area contributed by atoms with E-state index in [4.69, 9.17) is 10.5 Å². The Kier molecular flexibility index (Phi) is 7.23. The fourth-order valence-electron chi connectivity index (χ4n) is 2.63. The van der Waals surface area contributed by atoms with E-state index in [1.807, 2.05) is 43.3 Å². The summed E-state index contributed by atoms with van der Waals surface area (Å²) in [7, 11) is 3.37. The molecule has 0 aromatic heterocycles. The van der Waals surface area contributed by atoms with Gasteiger partial charge in [0.1, 0.15) is 5.75 Å². The molecule has 3 N–H and O–H groups in total. The number of para-hydroxylation sites is 1. The van der Waals surface area contributed by atoms with Crippen molar-refractivity contribution in [2.75, 3.05) is 26.4 Å². The van der Waals surface area contributed by atoms with E-state index in [2.05, 4.69) is 5.32 Å². The number of hydrogen-bond donors (Lipinski definition) is 2. The van der Waals surface area contributed by atoms with Gasteiger partial charge >= 0.3 is 0 Å². The molecule has 0 heterocycles. The fourth-order valence-corrected chi connectivity index (χ4v) is 2.63. The molecule has 0 aliphatic heterocycles. The van der Waals surface area contributed by atoms with Crippen LogP contribution in [0, 0.1) is 0 Å². The number of rotatable bonds is 8. The molecule has 6 heteroatoms. The third-order valence-electron chi connectivity index (χ3n) is 4.23. The summed E-state index contributed by atoms with van der Waals surface area (Å²) in [6.45, 7) is 1.95. The maximum Gasteiger partial charge on any atom is 0.259 e. The molecule has 2 aromatic rings. The number of nitrogens with two attached hydrogens (primary N) is 1. The molecule has 6 nitrogen and oxygen atoms in total. The molecule has 0 fully saturated rings. The molecule has 1 atom stereocenters. The summed E-state index contributed by atoms with van der Waals surface area (Å²) in [5.74, 6) is 0.406. The zero-order valence-electron chi connectivity index (χ0n) is 16.1. The van der Waals surface area contributed by atoms with Crippen LogP contribution in [0.25, 0.3) is 0 Å². The van der Waals surface area contributed by atoms with Gasteiger partial charge < -0.3 is 20.7 Å². The predicted octanol–water partition coefficient (Wildman–Crippen LogP) is 2.55. The zero-order chi connectivity index (χ0) is 19.8. The van der Waals surface area contributed by atoms with Crippen molar-refractivity contribution < 1.29 is 14.3 Å². The van der Waals surface area contributed by atoms with E-state index in [1.165, 1.54) is 4.90 Å². The predicted molar refractivity (Wildman–Crippen MR) is 106 cm³/mol. The highest BCUT2D eigenvalue weighted by atomic mass is 16.5. The number of benzene rings is 2. The lowest BCUT2D eigenvalue weighted by Gasteiger charge is -2.21. The molecule has 1 unspecified atom stereocenters. The smallest absolute Gasteiger partial charge is 0.259 e. The van der Waals surface area contributed by atoms with Crippen molar-refractivity contribution in [2.24, 2.45) is 0 Å². The van der Waals surface area contributed by atoms with Crippen LogP contribution in [0.15, 0.2) is 48.5 Å². The van der Waals surface area contributed by atoms with Gasteiger partial charge in [0.15, 0.2) is 6.61 Å². The third-order valence-corrected chi connectivity index (χ3v) is 4.23. The van der Waals surface area contributed by atoms with Crippen LogP contribution in [-0.4, -0.2) is 37.4 Å². The Morgan fingerprint density at radius 1 is 1.11 bits per heavy atom. The van der Waals surface area contributed by atoms with Crippen molar-refractivity contribution in [3.8, 4) is 5.75 Å². The first-order valence-corrected chi connectivity index (χ1v) is 8.96. The van der Waals surface area contributed by atoms with Crippen molar-refractivity contribution in [1.82, 2.24) is 10.2 Å². The van der Waals surface area contributed by atoms with Gasteiger partial charge in [-0.05, 0) is 30.2 Å². The lowest BCUT2D eigenvalue weighted by molar-refractivity contribution is -0.130. The van der Waals surface area contributed by atoms with E-state index in [0.717, 1.165) is 11.1 Å². The second kappa shape index (κ2) is 9.62. The van der Waals surface area contributed by atoms with E-state index >= 15 is 0 Å². The van der Waals surface area contributed by atoms with Crippen molar-refractivity contribution in [3.63, 3.8) is 0 Å². The van der Waals surface area contributed by atoms with Gasteiger partial charge in [-0.2, -0.15) is 0 Å². The number of carbonyl (C=O) groups excluding carboxylic acids is 2. The van der Waals surface area contributed by atoms with Crippen LogP contribution in [-0.2, 0) is 16.0 Å². The molecular formula is C21H27N3O3. The van der Waals surface area contributed by atoms with Crippen molar-refractivity contribution >= 4 is 17.5 Å². The molecule has 0 spiro atoms. The number of likely N-dealkylation sites (N-methyl/N-ethyl adjacent to an activating group) is 1. The van der Waals surface area contributed by atoms with E-state index in [0.29, 0.717) is 17.9 Å². The van der Waals surface area contributed by atoms with Gasteiger partial charge in [0.05, 0.1) is 12.5 Å². The second-order valence-corrected chi connectivity index (χ2v) is 6.56. The Morgan fingerprint density at radius 2 is 1.78 bits per heavy atom. The third kappa shape index (κ3) is 6.02. The Bertz CT molecular complexity index is 772. The SMILES string of the molecule is CCC(NC(=O)Cc1ccc(N)cc1)c1ccccc1OCC(=O)N(C)C. The lowest BCUT2D eigenvalue weighted by Crippen LogP contribution is -2.30. The van der Waals surface area contributed by atoms with Gasteiger partial charge in [-0.15, -0.1) is 0 Å². The Balaban J connectivity index is 2.06. The maximum absolute atomic E-state index is 12.5. The number of nitrogens with one attached hydrogen (secondary N) is 1. The van der Waals surface area contributed by atoms with Crippen LogP contribution in [0.3, 0.4) is 0 Å². The summed E-state index contributed by atoms with van der Waals surface area (Å²) in [6.07, 6.45) is 0.981. The number of nitrogens with zero attached hydrogens (tertiary/aromatic N) is 1. The molecule has 0 bridgehead atoms. The highest BCUT2D eigenvalue weighted by Gasteiger charge is 2.18. The van der Waals surface area contributed by atoms with Crippen molar-refractivity contribution in [1.29, 1.82) is 0 Å². The minimum absolute atomic E-state index is 0.0418. The first kappa shape index (κ1) is 20.3. The van der Waals surface area contributed by atoms with Crippen LogP contribution >= 0.6 is 0 Å². The summed E-state index contributed by atoms with van der Waals surface area (Å²) < 4.78 is 5.70. The summed E-state index contributed by atoms with van der Waals surface area (Å²) in [6, 6.07) is 14.5. The minimum atomic E-state index is -0.197. The molecule has 2 rings (SSSR count). The van der Waals surface area contributed by atoms with Gasteiger partial charge in [-0.1, -0.05) is 37.3 Å². The van der Waals surface area contributed by atoms with Crippen LogP contribution in [0.5, 0.6) is 5.75 Å². The molecular weight excluding hydrogens is 342 g/mol. The number of hydrogen-bond acceptors (Lipinski definition) is 4. The largest absolute Gasteiger partial charge is 0.483 e. The summed E-state index contributed by atoms with van der Waals surface area (Å²) >= 11 is 0. The highest BCUT2D eigenvalue weighted by Crippen LogP contribution is 2.27. The zero-order valence-corrected chi connectivity index (χ0v) is 16.1. The summed E-state index contributed by atoms with van der Waals surface area (Å²) in [5.41, 5.74) is 8.11. The molecule has 2 aromatic carbocycles. The molecule has 2 amide bonds. The van der Waals surface area contributed by atoms with Gasteiger partial charge in [0.25, 0.3) is 5.91 Å². The van der Waals surface area contributed by atoms with Gasteiger partial charge in [0.2, 0.25) is 5.91 Å². The number of ether oxygens (including phenoxy) is 1. The van der Waals surface area contributed by atoms with Gasteiger partial charge in [-0.3, -0.25) is 9.59 Å². The molecule has 0 aliphatic rings. The first-order chi connectivity index (χ1) is 12.9. The number of anilines is 1. The summed E-state index contributed by atoms with van der Waals surface area (Å²) in [5, 5.41) is 3.05. The molecule has 0 saturated heterocycles. The van der Waals surface area contributed by atoms with E-state index < -0.39 is 0 Å². The highest BCUT2D eigenvalue weighted by molar-refractivity contribution is 5.79. The Hall–Kier alpha value is -3.02. The monoisotopic (exact) mass is 369 g/mol. The van der Waals surface area contributed by atoms with Crippen LogP contribution < -0.4 is 15.8 Å². The average Bonchev–Trinajstić information content (AvgIpc) is 2.66. The quantitative estimate of drug-likeness (QED) is 0.701. The molecule has 144 valence electrons. The molecule has 0 radical (unpaired) electrons. The maximum atomic E-state index is 12.5. The first-order valence-electron chi connectivity index (χ1n) is 8.96. The van der Waals surface area contributed by atoms with E-state index in [-0.39, 0.29) is 30.9 Å². The van der Waals surface area contributed by atoms with Crippen molar-refractivity contribution in [3.05, 3.63) is 59.7 Å². The van der Waals surface area contributed by atoms with Gasteiger partial charge in [0, 0.05) is 25.3 Å².